The van der Waals surface area contributed by atoms with Gasteiger partial charge in [-0.25, -0.2) is 0 Å². The van der Waals surface area contributed by atoms with Gasteiger partial charge in [0.2, 0.25) is 0 Å². The van der Waals surface area contributed by atoms with Crippen LogP contribution in [0.5, 0.6) is 0 Å². The predicted octanol–water partition coefficient (Wildman–Crippen LogP) is 3.36. The molecule has 1 rings (SSSR count). The second-order valence-corrected chi connectivity index (χ2v) is 3.61. The molecule has 0 fully saturated rings. The first-order chi connectivity index (χ1) is 6.14. The summed E-state index contributed by atoms with van der Waals surface area (Å²) < 4.78 is 0. The minimum Gasteiger partial charge on any atom is -0.119 e. The number of hydrogen-bond donors (Lipinski definition) is 0. The van der Waals surface area contributed by atoms with E-state index in [1.165, 1.54) is 5.56 Å². The molecule has 0 heterocycles. The number of rotatable bonds is 2. The molecule has 0 spiro atoms. The zero-order chi connectivity index (χ0) is 9.73. The molecule has 13 heavy (non-hydrogen) atoms. The molecule has 0 amide bonds. The Morgan fingerprint density at radius 3 is 2.38 bits per heavy atom. The Labute approximate surface area is 80.3 Å². The van der Waals surface area contributed by atoms with E-state index in [2.05, 4.69) is 24.1 Å². The van der Waals surface area contributed by atoms with Crippen LogP contribution in [-0.2, 0) is 0 Å². The van der Waals surface area contributed by atoms with Crippen LogP contribution in [0.2, 0.25) is 0 Å². The highest BCUT2D eigenvalue weighted by Gasteiger charge is 2.07. The predicted molar refractivity (Wildman–Crippen MR) is 58.1 cm³/mol. The second-order valence-electron chi connectivity index (χ2n) is 3.61. The van der Waals surface area contributed by atoms with Crippen LogP contribution in [0.1, 0.15) is 19.4 Å². The molecular formula is C13H14. The molecule has 0 atom stereocenters. The molecule has 1 aromatic rings. The highest BCUT2D eigenvalue weighted by molar-refractivity contribution is 5.50. The second kappa shape index (κ2) is 3.96. The fraction of sp³-hybridized carbons (Fsp3) is 0.231. The molecule has 0 unspecified atom stereocenters. The minimum absolute atomic E-state index is 0.157. The zero-order valence-corrected chi connectivity index (χ0v) is 8.12. The van der Waals surface area contributed by atoms with Gasteiger partial charge >= 0.3 is 0 Å². The molecule has 0 N–H and O–H groups in total. The number of benzene rings is 1. The lowest BCUT2D eigenvalue weighted by Gasteiger charge is -2.09. The molecule has 0 aliphatic heterocycles. The number of hydrogen-bond acceptors (Lipinski definition) is 0. The van der Waals surface area contributed by atoms with E-state index in [-0.39, 0.29) is 5.41 Å². The van der Waals surface area contributed by atoms with E-state index in [0.717, 1.165) is 0 Å². The van der Waals surface area contributed by atoms with Crippen molar-refractivity contribution in [2.75, 3.05) is 0 Å². The van der Waals surface area contributed by atoms with Crippen molar-refractivity contribution in [2.45, 2.75) is 13.8 Å². The van der Waals surface area contributed by atoms with E-state index in [0.29, 0.717) is 0 Å². The first-order valence-electron chi connectivity index (χ1n) is 4.36. The van der Waals surface area contributed by atoms with Crippen molar-refractivity contribution in [3.8, 4) is 12.3 Å². The van der Waals surface area contributed by atoms with Crippen LogP contribution in [0.4, 0.5) is 0 Å². The van der Waals surface area contributed by atoms with Crippen LogP contribution in [-0.4, -0.2) is 0 Å². The Bertz CT molecular complexity index is 323. The third kappa shape index (κ3) is 3.17. The Kier molecular flexibility index (Phi) is 2.93. The summed E-state index contributed by atoms with van der Waals surface area (Å²) in [6, 6.07) is 10.2. The van der Waals surface area contributed by atoms with Crippen molar-refractivity contribution in [3.05, 3.63) is 42.0 Å². The van der Waals surface area contributed by atoms with Crippen molar-refractivity contribution >= 4 is 6.08 Å². The van der Waals surface area contributed by atoms with Gasteiger partial charge in [-0.05, 0) is 19.4 Å². The number of allylic oxidation sites excluding steroid dienone is 1. The standard InChI is InChI=1S/C13H14/c1-4-13(2,3)11-10-12-8-6-5-7-9-12/h1,5-11H,2-3H3/b11-10+. The van der Waals surface area contributed by atoms with Crippen molar-refractivity contribution in [2.24, 2.45) is 5.41 Å². The Hall–Kier alpha value is -1.48. The molecule has 0 aromatic heterocycles. The highest BCUT2D eigenvalue weighted by atomic mass is 14.1. The van der Waals surface area contributed by atoms with E-state index in [1.54, 1.807) is 0 Å². The maximum absolute atomic E-state index is 5.37. The van der Waals surface area contributed by atoms with Gasteiger partial charge in [0.1, 0.15) is 0 Å². The summed E-state index contributed by atoms with van der Waals surface area (Å²) in [4.78, 5) is 0. The van der Waals surface area contributed by atoms with Crippen LogP contribution in [0.15, 0.2) is 36.4 Å². The summed E-state index contributed by atoms with van der Waals surface area (Å²) >= 11 is 0. The Balaban J connectivity index is 2.77. The maximum atomic E-state index is 5.37. The molecule has 1 aromatic carbocycles. The molecule has 66 valence electrons. The summed E-state index contributed by atoms with van der Waals surface area (Å²) in [5.74, 6) is 2.72. The summed E-state index contributed by atoms with van der Waals surface area (Å²) in [6.45, 7) is 4.04. The van der Waals surface area contributed by atoms with Gasteiger partial charge in [0.15, 0.2) is 0 Å². The van der Waals surface area contributed by atoms with E-state index in [9.17, 15) is 0 Å². The molecule has 0 bridgehead atoms. The molecular weight excluding hydrogens is 156 g/mol. The average Bonchev–Trinajstić information content (AvgIpc) is 2.17. The number of terminal acetylenes is 1. The minimum atomic E-state index is -0.157. The lowest BCUT2D eigenvalue weighted by Crippen LogP contribution is -2.01. The van der Waals surface area contributed by atoms with Gasteiger partial charge in [-0.3, -0.25) is 0 Å². The van der Waals surface area contributed by atoms with Gasteiger partial charge in [0, 0.05) is 5.41 Å². The molecule has 0 saturated heterocycles. The lowest BCUT2D eigenvalue weighted by molar-refractivity contribution is 0.660. The smallest absolute Gasteiger partial charge is 0.0438 e. The topological polar surface area (TPSA) is 0 Å². The molecule has 0 nitrogen and oxygen atoms in total. The molecule has 0 aliphatic carbocycles. The van der Waals surface area contributed by atoms with Crippen molar-refractivity contribution < 1.29 is 0 Å². The third-order valence-electron chi connectivity index (χ3n) is 1.86. The van der Waals surface area contributed by atoms with Gasteiger partial charge in [-0.2, -0.15) is 0 Å². The fourth-order valence-electron chi connectivity index (χ4n) is 0.917. The Morgan fingerprint density at radius 2 is 1.85 bits per heavy atom. The fourth-order valence-corrected chi connectivity index (χ4v) is 0.917. The molecule has 0 radical (unpaired) electrons. The monoisotopic (exact) mass is 170 g/mol. The van der Waals surface area contributed by atoms with Gasteiger partial charge in [0.05, 0.1) is 0 Å². The van der Waals surface area contributed by atoms with Crippen LogP contribution >= 0.6 is 0 Å². The lowest BCUT2D eigenvalue weighted by atomic mass is 9.93. The first kappa shape index (κ1) is 9.61. The summed E-state index contributed by atoms with van der Waals surface area (Å²) in [7, 11) is 0. The average molecular weight is 170 g/mol. The normalized spacial score (nSPS) is 11.5. The van der Waals surface area contributed by atoms with Gasteiger partial charge in [0.25, 0.3) is 0 Å². The van der Waals surface area contributed by atoms with Crippen LogP contribution in [0.3, 0.4) is 0 Å². The van der Waals surface area contributed by atoms with Crippen molar-refractivity contribution in [1.82, 2.24) is 0 Å². The zero-order valence-electron chi connectivity index (χ0n) is 8.12. The molecule has 0 saturated carbocycles. The van der Waals surface area contributed by atoms with Crippen LogP contribution < -0.4 is 0 Å². The molecule has 0 heteroatoms. The van der Waals surface area contributed by atoms with E-state index >= 15 is 0 Å². The highest BCUT2D eigenvalue weighted by Crippen LogP contribution is 2.16. The first-order valence-corrected chi connectivity index (χ1v) is 4.36. The maximum Gasteiger partial charge on any atom is 0.0438 e. The third-order valence-corrected chi connectivity index (χ3v) is 1.86. The van der Waals surface area contributed by atoms with Crippen molar-refractivity contribution in [3.63, 3.8) is 0 Å². The molecule has 0 aliphatic rings. The van der Waals surface area contributed by atoms with E-state index in [1.807, 2.05) is 38.1 Å². The van der Waals surface area contributed by atoms with E-state index in [4.69, 9.17) is 6.42 Å². The van der Waals surface area contributed by atoms with Gasteiger partial charge in [-0.15, -0.1) is 6.42 Å². The quantitative estimate of drug-likeness (QED) is 0.597. The van der Waals surface area contributed by atoms with E-state index < -0.39 is 0 Å². The van der Waals surface area contributed by atoms with Crippen LogP contribution in [0, 0.1) is 17.8 Å². The summed E-state index contributed by atoms with van der Waals surface area (Å²) in [6.07, 6.45) is 9.47. The summed E-state index contributed by atoms with van der Waals surface area (Å²) in [5.41, 5.74) is 1.03. The SMILES string of the molecule is C#CC(C)(C)/C=C/c1ccccc1. The van der Waals surface area contributed by atoms with Gasteiger partial charge < -0.3 is 0 Å². The Morgan fingerprint density at radius 1 is 1.23 bits per heavy atom. The summed E-state index contributed by atoms with van der Waals surface area (Å²) in [5, 5.41) is 0. The van der Waals surface area contributed by atoms with Crippen LogP contribution in [0.25, 0.3) is 6.08 Å². The van der Waals surface area contributed by atoms with Gasteiger partial charge in [-0.1, -0.05) is 48.4 Å². The van der Waals surface area contributed by atoms with Crippen molar-refractivity contribution in [1.29, 1.82) is 0 Å². The largest absolute Gasteiger partial charge is 0.119 e.